The molecule has 0 bridgehead atoms. The average Bonchev–Trinajstić information content (AvgIpc) is 2.52. The minimum atomic E-state index is -0.273. The molecule has 126 valence electrons. The largest absolute Gasteiger partial charge is 0.345 e. The molecular formula is C17H15Cl3N2O2. The third kappa shape index (κ3) is 4.63. The lowest BCUT2D eigenvalue weighted by Gasteiger charge is -2.13. The summed E-state index contributed by atoms with van der Waals surface area (Å²) in [6, 6.07) is 9.73. The average molecular weight is 386 g/mol. The van der Waals surface area contributed by atoms with Crippen molar-refractivity contribution in [2.45, 2.75) is 6.42 Å². The van der Waals surface area contributed by atoms with E-state index < -0.39 is 0 Å². The maximum absolute atomic E-state index is 12.2. The standard InChI is InChI=1S/C17H15Cl3N2O2/c1-22(2)17(24)11-4-6-13(19)15(9-11)21-16(23)8-10-3-5-12(18)14(20)7-10/h3-7,9H,8H2,1-2H3,(H,21,23). The fourth-order valence-corrected chi connectivity index (χ4v) is 2.53. The number of nitrogens with zero attached hydrogens (tertiary/aromatic N) is 1. The Balaban J connectivity index is 2.14. The van der Waals surface area contributed by atoms with Crippen LogP contribution in [0.4, 0.5) is 5.69 Å². The second-order valence-electron chi connectivity index (χ2n) is 5.37. The minimum absolute atomic E-state index is 0.110. The third-order valence-electron chi connectivity index (χ3n) is 3.24. The summed E-state index contributed by atoms with van der Waals surface area (Å²) in [6.45, 7) is 0. The van der Waals surface area contributed by atoms with Crippen LogP contribution in [0.5, 0.6) is 0 Å². The van der Waals surface area contributed by atoms with Gasteiger partial charge in [-0.25, -0.2) is 0 Å². The molecule has 0 radical (unpaired) electrons. The van der Waals surface area contributed by atoms with E-state index in [1.54, 1.807) is 50.5 Å². The Bertz CT molecular complexity index is 791. The monoisotopic (exact) mass is 384 g/mol. The van der Waals surface area contributed by atoms with Gasteiger partial charge in [-0.1, -0.05) is 40.9 Å². The van der Waals surface area contributed by atoms with Gasteiger partial charge in [0, 0.05) is 19.7 Å². The highest BCUT2D eigenvalue weighted by Gasteiger charge is 2.13. The number of hydrogen-bond acceptors (Lipinski definition) is 2. The predicted molar refractivity (Wildman–Crippen MR) is 98.3 cm³/mol. The summed E-state index contributed by atoms with van der Waals surface area (Å²) in [6.07, 6.45) is 0.110. The van der Waals surface area contributed by atoms with Gasteiger partial charge in [-0.3, -0.25) is 9.59 Å². The number of carbonyl (C=O) groups excluding carboxylic acids is 2. The van der Waals surface area contributed by atoms with E-state index in [0.717, 1.165) is 5.56 Å². The van der Waals surface area contributed by atoms with Crippen LogP contribution in [-0.2, 0) is 11.2 Å². The smallest absolute Gasteiger partial charge is 0.253 e. The fraction of sp³-hybridized carbons (Fsp3) is 0.176. The highest BCUT2D eigenvalue weighted by Crippen LogP contribution is 2.25. The molecule has 0 atom stereocenters. The number of halogens is 3. The molecule has 0 fully saturated rings. The molecule has 0 aliphatic carbocycles. The molecule has 24 heavy (non-hydrogen) atoms. The fourth-order valence-electron chi connectivity index (χ4n) is 2.04. The Morgan fingerprint density at radius 3 is 2.25 bits per heavy atom. The molecule has 2 aromatic carbocycles. The van der Waals surface area contributed by atoms with Gasteiger partial charge >= 0.3 is 0 Å². The zero-order valence-corrected chi connectivity index (χ0v) is 15.3. The molecule has 0 saturated heterocycles. The van der Waals surface area contributed by atoms with Crippen molar-refractivity contribution in [1.29, 1.82) is 0 Å². The summed E-state index contributed by atoms with van der Waals surface area (Å²) in [5.41, 5.74) is 1.54. The molecule has 2 amide bonds. The van der Waals surface area contributed by atoms with Crippen LogP contribution in [0, 0.1) is 0 Å². The molecule has 0 unspecified atom stereocenters. The van der Waals surface area contributed by atoms with Crippen molar-refractivity contribution in [3.8, 4) is 0 Å². The van der Waals surface area contributed by atoms with Gasteiger partial charge in [-0.05, 0) is 35.9 Å². The van der Waals surface area contributed by atoms with E-state index in [2.05, 4.69) is 5.32 Å². The third-order valence-corrected chi connectivity index (χ3v) is 4.31. The molecule has 0 aliphatic heterocycles. The predicted octanol–water partition coefficient (Wildman–Crippen LogP) is 4.53. The Labute approximate surface area is 155 Å². The molecule has 0 aliphatic rings. The maximum Gasteiger partial charge on any atom is 0.253 e. The van der Waals surface area contributed by atoms with E-state index >= 15 is 0 Å². The van der Waals surface area contributed by atoms with Gasteiger partial charge in [0.15, 0.2) is 0 Å². The molecule has 7 heteroatoms. The zero-order valence-electron chi connectivity index (χ0n) is 13.1. The summed E-state index contributed by atoms with van der Waals surface area (Å²) in [5.74, 6) is -0.448. The summed E-state index contributed by atoms with van der Waals surface area (Å²) in [5, 5.41) is 3.88. The van der Waals surface area contributed by atoms with Crippen LogP contribution in [0.2, 0.25) is 15.1 Å². The van der Waals surface area contributed by atoms with Gasteiger partial charge in [0.25, 0.3) is 5.91 Å². The molecular weight excluding hydrogens is 371 g/mol. The van der Waals surface area contributed by atoms with Crippen molar-refractivity contribution < 1.29 is 9.59 Å². The van der Waals surface area contributed by atoms with Crippen LogP contribution >= 0.6 is 34.8 Å². The van der Waals surface area contributed by atoms with Crippen molar-refractivity contribution in [2.75, 3.05) is 19.4 Å². The quantitative estimate of drug-likeness (QED) is 0.840. The molecule has 0 aromatic heterocycles. The highest BCUT2D eigenvalue weighted by atomic mass is 35.5. The van der Waals surface area contributed by atoms with Crippen molar-refractivity contribution in [3.63, 3.8) is 0 Å². The van der Waals surface area contributed by atoms with Crippen LogP contribution < -0.4 is 5.32 Å². The van der Waals surface area contributed by atoms with Crippen LogP contribution in [0.15, 0.2) is 36.4 Å². The number of hydrogen-bond donors (Lipinski definition) is 1. The first kappa shape index (κ1) is 18.6. The van der Waals surface area contributed by atoms with Crippen molar-refractivity contribution in [3.05, 3.63) is 62.6 Å². The number of benzene rings is 2. The summed E-state index contributed by atoms with van der Waals surface area (Å²) >= 11 is 17.9. The number of carbonyl (C=O) groups is 2. The highest BCUT2D eigenvalue weighted by molar-refractivity contribution is 6.42. The molecule has 4 nitrogen and oxygen atoms in total. The van der Waals surface area contributed by atoms with E-state index in [9.17, 15) is 9.59 Å². The Hall–Kier alpha value is -1.75. The molecule has 0 heterocycles. The van der Waals surface area contributed by atoms with Crippen LogP contribution in [-0.4, -0.2) is 30.8 Å². The van der Waals surface area contributed by atoms with E-state index in [4.69, 9.17) is 34.8 Å². The zero-order chi connectivity index (χ0) is 17.9. The van der Waals surface area contributed by atoms with Crippen molar-refractivity contribution in [2.24, 2.45) is 0 Å². The number of rotatable bonds is 4. The topological polar surface area (TPSA) is 49.4 Å². The molecule has 0 saturated carbocycles. The molecule has 2 rings (SSSR count). The van der Waals surface area contributed by atoms with Crippen LogP contribution in [0.25, 0.3) is 0 Å². The Morgan fingerprint density at radius 1 is 0.958 bits per heavy atom. The van der Waals surface area contributed by atoms with Crippen molar-refractivity contribution >= 4 is 52.3 Å². The molecule has 0 spiro atoms. The first-order valence-corrected chi connectivity index (χ1v) is 8.16. The van der Waals surface area contributed by atoms with Gasteiger partial charge in [0.05, 0.1) is 27.2 Å². The van der Waals surface area contributed by atoms with E-state index in [0.29, 0.717) is 26.3 Å². The maximum atomic E-state index is 12.2. The number of nitrogens with one attached hydrogen (secondary N) is 1. The summed E-state index contributed by atoms with van der Waals surface area (Å²) < 4.78 is 0. The van der Waals surface area contributed by atoms with E-state index in [1.165, 1.54) is 4.90 Å². The van der Waals surface area contributed by atoms with Gasteiger partial charge in [0.2, 0.25) is 5.91 Å². The lowest BCUT2D eigenvalue weighted by Crippen LogP contribution is -2.22. The SMILES string of the molecule is CN(C)C(=O)c1ccc(Cl)c(NC(=O)Cc2ccc(Cl)c(Cl)c2)c1. The number of anilines is 1. The lowest BCUT2D eigenvalue weighted by atomic mass is 10.1. The van der Waals surface area contributed by atoms with Gasteiger partial charge in [-0.15, -0.1) is 0 Å². The van der Waals surface area contributed by atoms with E-state index in [-0.39, 0.29) is 18.2 Å². The summed E-state index contributed by atoms with van der Waals surface area (Å²) in [4.78, 5) is 25.7. The minimum Gasteiger partial charge on any atom is -0.345 e. The molecule has 2 aromatic rings. The van der Waals surface area contributed by atoms with E-state index in [1.807, 2.05) is 0 Å². The van der Waals surface area contributed by atoms with Gasteiger partial charge in [0.1, 0.15) is 0 Å². The van der Waals surface area contributed by atoms with Crippen LogP contribution in [0.1, 0.15) is 15.9 Å². The first-order valence-electron chi connectivity index (χ1n) is 7.03. The van der Waals surface area contributed by atoms with Crippen molar-refractivity contribution in [1.82, 2.24) is 4.90 Å². The first-order chi connectivity index (χ1) is 11.3. The Morgan fingerprint density at radius 2 is 1.62 bits per heavy atom. The second-order valence-corrected chi connectivity index (χ2v) is 6.59. The van der Waals surface area contributed by atoms with Gasteiger partial charge in [-0.2, -0.15) is 0 Å². The lowest BCUT2D eigenvalue weighted by molar-refractivity contribution is -0.115. The van der Waals surface area contributed by atoms with Gasteiger partial charge < -0.3 is 10.2 Å². The normalized spacial score (nSPS) is 10.4. The second kappa shape index (κ2) is 7.88. The number of amides is 2. The van der Waals surface area contributed by atoms with Crippen LogP contribution in [0.3, 0.4) is 0 Å². The summed E-state index contributed by atoms with van der Waals surface area (Å²) in [7, 11) is 3.30. The Kier molecular flexibility index (Phi) is 6.10. The molecule has 1 N–H and O–H groups in total.